The largest absolute Gasteiger partial charge is 0.288 e. The summed E-state index contributed by atoms with van der Waals surface area (Å²) in [5, 5.41) is 0. The first-order valence-electron chi connectivity index (χ1n) is 5.81. The molecule has 0 N–H and O–H groups in total. The predicted molar refractivity (Wildman–Crippen MR) is 73.3 cm³/mol. The standard InChI is InChI=1S/C15H11BrF2O/c1-2-9-4-3-5-10(6-9)15(19)14-12(17)7-11(16)8-13(14)18/h3-8H,2H2,1H3. The third kappa shape index (κ3) is 2.89. The molecule has 0 fully saturated rings. The van der Waals surface area contributed by atoms with Crippen LogP contribution in [0.2, 0.25) is 0 Å². The van der Waals surface area contributed by atoms with Crippen molar-refractivity contribution < 1.29 is 13.6 Å². The normalized spacial score (nSPS) is 10.5. The van der Waals surface area contributed by atoms with Gasteiger partial charge in [-0.1, -0.05) is 41.1 Å². The predicted octanol–water partition coefficient (Wildman–Crippen LogP) is 4.52. The molecule has 0 saturated carbocycles. The number of hydrogen-bond acceptors (Lipinski definition) is 1. The highest BCUT2D eigenvalue weighted by Gasteiger charge is 2.19. The lowest BCUT2D eigenvalue weighted by Gasteiger charge is -2.06. The van der Waals surface area contributed by atoms with E-state index >= 15 is 0 Å². The van der Waals surface area contributed by atoms with Crippen LogP contribution in [0.15, 0.2) is 40.9 Å². The average molecular weight is 325 g/mol. The van der Waals surface area contributed by atoms with Crippen LogP contribution in [-0.2, 0) is 6.42 Å². The smallest absolute Gasteiger partial charge is 0.198 e. The van der Waals surface area contributed by atoms with E-state index in [1.807, 2.05) is 13.0 Å². The van der Waals surface area contributed by atoms with Gasteiger partial charge in [0, 0.05) is 10.0 Å². The number of aryl methyl sites for hydroxylation is 1. The summed E-state index contributed by atoms with van der Waals surface area (Å²) in [5.41, 5.74) is 0.722. The molecule has 0 bridgehead atoms. The van der Waals surface area contributed by atoms with Gasteiger partial charge in [-0.2, -0.15) is 0 Å². The van der Waals surface area contributed by atoms with Crippen molar-refractivity contribution in [2.24, 2.45) is 0 Å². The van der Waals surface area contributed by atoms with Crippen molar-refractivity contribution in [3.8, 4) is 0 Å². The number of carbonyl (C=O) groups excluding carboxylic acids is 1. The second kappa shape index (κ2) is 5.61. The van der Waals surface area contributed by atoms with Gasteiger partial charge >= 0.3 is 0 Å². The molecule has 2 aromatic carbocycles. The van der Waals surface area contributed by atoms with E-state index in [1.165, 1.54) is 0 Å². The first-order valence-corrected chi connectivity index (χ1v) is 6.60. The van der Waals surface area contributed by atoms with Crippen LogP contribution >= 0.6 is 15.9 Å². The van der Waals surface area contributed by atoms with Crippen molar-refractivity contribution in [2.45, 2.75) is 13.3 Å². The molecule has 0 spiro atoms. The van der Waals surface area contributed by atoms with Crippen LogP contribution in [-0.4, -0.2) is 5.78 Å². The number of benzene rings is 2. The van der Waals surface area contributed by atoms with E-state index < -0.39 is 23.0 Å². The molecular weight excluding hydrogens is 314 g/mol. The fourth-order valence-corrected chi connectivity index (χ4v) is 2.24. The highest BCUT2D eigenvalue weighted by Crippen LogP contribution is 2.22. The number of hydrogen-bond donors (Lipinski definition) is 0. The van der Waals surface area contributed by atoms with Gasteiger partial charge in [-0.05, 0) is 30.2 Å². The van der Waals surface area contributed by atoms with Crippen molar-refractivity contribution in [3.05, 3.63) is 69.2 Å². The lowest BCUT2D eigenvalue weighted by Crippen LogP contribution is -2.08. The van der Waals surface area contributed by atoms with Gasteiger partial charge in [-0.15, -0.1) is 0 Å². The zero-order valence-electron chi connectivity index (χ0n) is 10.2. The molecule has 1 nitrogen and oxygen atoms in total. The van der Waals surface area contributed by atoms with E-state index in [2.05, 4.69) is 15.9 Å². The minimum Gasteiger partial charge on any atom is -0.288 e. The van der Waals surface area contributed by atoms with Gasteiger partial charge in [0.1, 0.15) is 11.6 Å². The molecule has 4 heteroatoms. The zero-order chi connectivity index (χ0) is 14.0. The summed E-state index contributed by atoms with van der Waals surface area (Å²) in [4.78, 5) is 12.2. The molecule has 0 aromatic heterocycles. The van der Waals surface area contributed by atoms with Gasteiger partial charge in [0.05, 0.1) is 5.56 Å². The van der Waals surface area contributed by atoms with E-state index in [1.54, 1.807) is 18.2 Å². The third-order valence-electron chi connectivity index (χ3n) is 2.83. The van der Waals surface area contributed by atoms with Crippen LogP contribution < -0.4 is 0 Å². The van der Waals surface area contributed by atoms with E-state index in [9.17, 15) is 13.6 Å². The van der Waals surface area contributed by atoms with Crippen molar-refractivity contribution in [3.63, 3.8) is 0 Å². The van der Waals surface area contributed by atoms with E-state index in [4.69, 9.17) is 0 Å². The summed E-state index contributed by atoms with van der Waals surface area (Å²) < 4.78 is 27.7. The Morgan fingerprint density at radius 3 is 2.37 bits per heavy atom. The molecule has 0 aliphatic carbocycles. The Bertz CT molecular complexity index is 615. The molecule has 0 aliphatic heterocycles. The minimum atomic E-state index is -0.862. The fourth-order valence-electron chi connectivity index (χ4n) is 1.84. The number of carbonyl (C=O) groups is 1. The first kappa shape index (κ1) is 13.9. The summed E-state index contributed by atoms with van der Waals surface area (Å²) >= 11 is 2.98. The molecule has 0 saturated heterocycles. The molecular formula is C15H11BrF2O. The maximum atomic E-state index is 13.7. The highest BCUT2D eigenvalue weighted by molar-refractivity contribution is 9.10. The third-order valence-corrected chi connectivity index (χ3v) is 3.29. The van der Waals surface area contributed by atoms with Gasteiger partial charge in [-0.3, -0.25) is 4.79 Å². The summed E-state index contributed by atoms with van der Waals surface area (Å²) in [5.74, 6) is -2.37. The Morgan fingerprint density at radius 2 is 1.79 bits per heavy atom. The molecule has 0 amide bonds. The second-order valence-electron chi connectivity index (χ2n) is 4.13. The van der Waals surface area contributed by atoms with Crippen molar-refractivity contribution >= 4 is 21.7 Å². The van der Waals surface area contributed by atoms with Gasteiger partial charge in [-0.25, -0.2) is 8.78 Å². The van der Waals surface area contributed by atoms with E-state index in [-0.39, 0.29) is 4.47 Å². The quantitative estimate of drug-likeness (QED) is 0.758. The lowest BCUT2D eigenvalue weighted by molar-refractivity contribution is 0.103. The maximum absolute atomic E-state index is 13.7. The Hall–Kier alpha value is -1.55. The minimum absolute atomic E-state index is 0.265. The molecule has 2 rings (SSSR count). The second-order valence-corrected chi connectivity index (χ2v) is 5.04. The Morgan fingerprint density at radius 1 is 1.16 bits per heavy atom. The zero-order valence-corrected chi connectivity index (χ0v) is 11.8. The van der Waals surface area contributed by atoms with Crippen LogP contribution in [0, 0.1) is 11.6 Å². The number of halogens is 3. The average Bonchev–Trinajstić information content (AvgIpc) is 2.37. The molecule has 98 valence electrons. The molecule has 0 radical (unpaired) electrons. The molecule has 0 heterocycles. The van der Waals surface area contributed by atoms with Gasteiger partial charge in [0.25, 0.3) is 0 Å². The fraction of sp³-hybridized carbons (Fsp3) is 0.133. The molecule has 0 unspecified atom stereocenters. The SMILES string of the molecule is CCc1cccc(C(=O)c2c(F)cc(Br)cc2F)c1. The summed E-state index contributed by atoms with van der Waals surface area (Å²) in [6, 6.07) is 8.96. The number of ketones is 1. The Kier molecular flexibility index (Phi) is 4.10. The molecule has 19 heavy (non-hydrogen) atoms. The monoisotopic (exact) mass is 324 g/mol. The first-order chi connectivity index (χ1) is 9.02. The van der Waals surface area contributed by atoms with Crippen LogP contribution in [0.5, 0.6) is 0 Å². The van der Waals surface area contributed by atoms with Gasteiger partial charge < -0.3 is 0 Å². The van der Waals surface area contributed by atoms with Gasteiger partial charge in [0.2, 0.25) is 0 Å². The van der Waals surface area contributed by atoms with Crippen molar-refractivity contribution in [1.82, 2.24) is 0 Å². The molecule has 0 atom stereocenters. The van der Waals surface area contributed by atoms with Crippen LogP contribution in [0.4, 0.5) is 8.78 Å². The summed E-state index contributed by atoms with van der Waals surface area (Å²) in [6.45, 7) is 1.95. The van der Waals surface area contributed by atoms with Crippen LogP contribution in [0.3, 0.4) is 0 Å². The number of rotatable bonds is 3. The van der Waals surface area contributed by atoms with E-state index in [0.717, 1.165) is 24.1 Å². The Labute approximate surface area is 118 Å². The van der Waals surface area contributed by atoms with Crippen LogP contribution in [0.25, 0.3) is 0 Å². The molecule has 0 aliphatic rings. The summed E-state index contributed by atoms with van der Waals surface area (Å²) in [7, 11) is 0. The van der Waals surface area contributed by atoms with Crippen LogP contribution in [0.1, 0.15) is 28.4 Å². The van der Waals surface area contributed by atoms with E-state index in [0.29, 0.717) is 5.56 Å². The molecule has 2 aromatic rings. The van der Waals surface area contributed by atoms with Gasteiger partial charge in [0.15, 0.2) is 5.78 Å². The summed E-state index contributed by atoms with van der Waals surface area (Å²) in [6.07, 6.45) is 0.756. The lowest BCUT2D eigenvalue weighted by atomic mass is 10.00. The van der Waals surface area contributed by atoms with Crippen molar-refractivity contribution in [1.29, 1.82) is 0 Å². The Balaban J connectivity index is 2.50. The topological polar surface area (TPSA) is 17.1 Å². The highest BCUT2D eigenvalue weighted by atomic mass is 79.9. The van der Waals surface area contributed by atoms with Crippen molar-refractivity contribution in [2.75, 3.05) is 0 Å². The maximum Gasteiger partial charge on any atom is 0.198 e.